The van der Waals surface area contributed by atoms with Gasteiger partial charge in [-0.05, 0) is 38.3 Å². The molecule has 2 aliphatic rings. The smallest absolute Gasteiger partial charge is 0.280 e. The van der Waals surface area contributed by atoms with Crippen LogP contribution in [0.4, 0.5) is 0 Å². The zero-order valence-electron chi connectivity index (χ0n) is 16.0. The molecular weight excluding hydrogens is 350 g/mol. The maximum absolute atomic E-state index is 13.2. The monoisotopic (exact) mass is 375 g/mol. The lowest BCUT2D eigenvalue weighted by atomic mass is 10.1. The zero-order chi connectivity index (χ0) is 19.2. The van der Waals surface area contributed by atoms with E-state index in [0.717, 1.165) is 6.42 Å². The van der Waals surface area contributed by atoms with E-state index in [1.54, 1.807) is 6.07 Å². The average molecular weight is 375 g/mol. The molecule has 2 aliphatic heterocycles. The second-order valence-corrected chi connectivity index (χ2v) is 7.87. The van der Waals surface area contributed by atoms with Gasteiger partial charge in [-0.25, -0.2) is 0 Å². The summed E-state index contributed by atoms with van der Waals surface area (Å²) in [5.41, 5.74) is 1.28. The van der Waals surface area contributed by atoms with Crippen molar-refractivity contribution in [3.05, 3.63) is 24.3 Å². The molecule has 27 heavy (non-hydrogen) atoms. The van der Waals surface area contributed by atoms with Gasteiger partial charge in [-0.15, -0.1) is 5.10 Å². The van der Waals surface area contributed by atoms with Gasteiger partial charge in [0, 0.05) is 6.61 Å². The fourth-order valence-electron chi connectivity index (χ4n) is 3.45. The minimum absolute atomic E-state index is 0.336. The van der Waals surface area contributed by atoms with Crippen LogP contribution in [0.3, 0.4) is 0 Å². The van der Waals surface area contributed by atoms with E-state index in [4.69, 9.17) is 18.9 Å². The third kappa shape index (κ3) is 3.50. The summed E-state index contributed by atoms with van der Waals surface area (Å²) < 4.78 is 25.0. The van der Waals surface area contributed by atoms with Crippen molar-refractivity contribution in [1.29, 1.82) is 0 Å². The molecule has 8 heteroatoms. The number of aromatic nitrogens is 3. The topological polar surface area (TPSA) is 84.7 Å². The highest BCUT2D eigenvalue weighted by Crippen LogP contribution is 2.39. The Bertz CT molecular complexity index is 834. The number of carbonyl (C=O) groups excluding carboxylic acids is 1. The Hall–Kier alpha value is -1.87. The van der Waals surface area contributed by atoms with E-state index < -0.39 is 30.4 Å². The molecule has 2 saturated heterocycles. The molecule has 2 aromatic rings. The summed E-state index contributed by atoms with van der Waals surface area (Å²) in [4.78, 5) is 13.2. The van der Waals surface area contributed by atoms with E-state index in [-0.39, 0.29) is 5.91 Å². The highest BCUT2D eigenvalue weighted by atomic mass is 16.8. The summed E-state index contributed by atoms with van der Waals surface area (Å²) in [5.74, 6) is -0.616. The van der Waals surface area contributed by atoms with Crippen LogP contribution in [-0.4, -0.2) is 57.9 Å². The molecule has 4 rings (SSSR count). The number of fused-ring (bicyclic) bond motifs is 2. The maximum atomic E-state index is 13.2. The summed E-state index contributed by atoms with van der Waals surface area (Å²) in [5, 5.41) is 8.06. The summed E-state index contributed by atoms with van der Waals surface area (Å²) in [6.45, 7) is 8.41. The second kappa shape index (κ2) is 6.94. The Balaban J connectivity index is 1.59. The first-order valence-corrected chi connectivity index (χ1v) is 9.33. The van der Waals surface area contributed by atoms with Gasteiger partial charge in [-0.2, -0.15) is 4.68 Å². The maximum Gasteiger partial charge on any atom is 0.280 e. The Morgan fingerprint density at radius 1 is 1.30 bits per heavy atom. The SMILES string of the molecule is CC(C)CCOC1C(C(=O)n2nnc3ccccc32)OC2OC(C)(C)OC21. The van der Waals surface area contributed by atoms with Gasteiger partial charge in [0.05, 0.1) is 5.52 Å². The van der Waals surface area contributed by atoms with E-state index >= 15 is 0 Å². The molecule has 0 radical (unpaired) electrons. The average Bonchev–Trinajstić information content (AvgIpc) is 3.25. The van der Waals surface area contributed by atoms with Gasteiger partial charge in [-0.1, -0.05) is 31.2 Å². The molecule has 1 aromatic heterocycles. The van der Waals surface area contributed by atoms with Crippen LogP contribution in [0.2, 0.25) is 0 Å². The van der Waals surface area contributed by atoms with Crippen molar-refractivity contribution in [1.82, 2.24) is 15.0 Å². The normalized spacial score (nSPS) is 29.5. The van der Waals surface area contributed by atoms with Crippen LogP contribution in [0.15, 0.2) is 24.3 Å². The Labute approximate surface area is 157 Å². The molecule has 0 spiro atoms. The van der Waals surface area contributed by atoms with Crippen molar-refractivity contribution in [2.75, 3.05) is 6.61 Å². The van der Waals surface area contributed by atoms with Crippen molar-refractivity contribution in [2.24, 2.45) is 5.92 Å². The number of nitrogens with zero attached hydrogens (tertiary/aromatic N) is 3. The second-order valence-electron chi connectivity index (χ2n) is 7.87. The molecule has 146 valence electrons. The Kier molecular flexibility index (Phi) is 4.75. The fourth-order valence-corrected chi connectivity index (χ4v) is 3.45. The first kappa shape index (κ1) is 18.5. The molecule has 0 bridgehead atoms. The third-order valence-corrected chi connectivity index (χ3v) is 4.80. The van der Waals surface area contributed by atoms with Crippen LogP contribution < -0.4 is 0 Å². The number of benzene rings is 1. The van der Waals surface area contributed by atoms with Crippen LogP contribution in [0, 0.1) is 5.92 Å². The number of para-hydroxylation sites is 1. The summed E-state index contributed by atoms with van der Waals surface area (Å²) in [6.07, 6.45) is -1.66. The molecule has 4 unspecified atom stereocenters. The minimum Gasteiger partial charge on any atom is -0.372 e. The molecular formula is C19H25N3O5. The van der Waals surface area contributed by atoms with Crippen molar-refractivity contribution in [3.63, 3.8) is 0 Å². The molecule has 0 N–H and O–H groups in total. The van der Waals surface area contributed by atoms with Gasteiger partial charge in [-0.3, -0.25) is 4.79 Å². The van der Waals surface area contributed by atoms with Gasteiger partial charge >= 0.3 is 0 Å². The Morgan fingerprint density at radius 3 is 2.85 bits per heavy atom. The molecule has 1 aromatic carbocycles. The van der Waals surface area contributed by atoms with E-state index in [9.17, 15) is 4.79 Å². The Morgan fingerprint density at radius 2 is 2.07 bits per heavy atom. The van der Waals surface area contributed by atoms with Gasteiger partial charge in [0.2, 0.25) is 0 Å². The molecule has 8 nitrogen and oxygen atoms in total. The van der Waals surface area contributed by atoms with Crippen molar-refractivity contribution < 1.29 is 23.7 Å². The number of rotatable bonds is 5. The van der Waals surface area contributed by atoms with Crippen LogP contribution >= 0.6 is 0 Å². The van der Waals surface area contributed by atoms with Gasteiger partial charge < -0.3 is 18.9 Å². The van der Waals surface area contributed by atoms with Gasteiger partial charge in [0.15, 0.2) is 18.2 Å². The molecule has 0 amide bonds. The van der Waals surface area contributed by atoms with Crippen molar-refractivity contribution >= 4 is 16.9 Å². The quantitative estimate of drug-likeness (QED) is 0.793. The van der Waals surface area contributed by atoms with E-state index in [0.29, 0.717) is 23.6 Å². The highest BCUT2D eigenvalue weighted by molar-refractivity contribution is 5.92. The van der Waals surface area contributed by atoms with E-state index in [1.807, 2.05) is 32.0 Å². The summed E-state index contributed by atoms with van der Waals surface area (Å²) in [6, 6.07) is 7.30. The van der Waals surface area contributed by atoms with E-state index in [1.165, 1.54) is 4.68 Å². The van der Waals surface area contributed by atoms with Gasteiger partial charge in [0.1, 0.15) is 17.7 Å². The highest BCUT2D eigenvalue weighted by Gasteiger charge is 2.57. The third-order valence-electron chi connectivity index (χ3n) is 4.80. The number of hydrogen-bond acceptors (Lipinski definition) is 7. The summed E-state index contributed by atoms with van der Waals surface area (Å²) in [7, 11) is 0. The molecule has 4 atom stereocenters. The van der Waals surface area contributed by atoms with Crippen LogP contribution in [0.1, 0.15) is 38.9 Å². The lowest BCUT2D eigenvalue weighted by molar-refractivity contribution is -0.212. The number of ether oxygens (including phenoxy) is 4. The lowest BCUT2D eigenvalue weighted by Gasteiger charge is -2.25. The first-order valence-electron chi connectivity index (χ1n) is 9.33. The van der Waals surface area contributed by atoms with Crippen molar-refractivity contribution in [2.45, 2.75) is 64.5 Å². The fraction of sp³-hybridized carbons (Fsp3) is 0.632. The number of carbonyl (C=O) groups is 1. The molecule has 3 heterocycles. The minimum atomic E-state index is -0.867. The molecule has 0 saturated carbocycles. The predicted molar refractivity (Wildman–Crippen MR) is 96.0 cm³/mol. The largest absolute Gasteiger partial charge is 0.372 e. The molecule has 2 fully saturated rings. The van der Waals surface area contributed by atoms with E-state index in [2.05, 4.69) is 24.2 Å². The summed E-state index contributed by atoms with van der Waals surface area (Å²) >= 11 is 0. The standard InChI is InChI=1S/C19H25N3O5/c1-11(2)9-10-24-14-15(25-18-16(14)26-19(3,4)27-18)17(23)22-13-8-6-5-7-12(13)20-21-22/h5-8,11,14-16,18H,9-10H2,1-4H3. The first-order chi connectivity index (χ1) is 12.9. The zero-order valence-corrected chi connectivity index (χ0v) is 16.0. The lowest BCUT2D eigenvalue weighted by Crippen LogP contribution is -2.43. The van der Waals surface area contributed by atoms with Crippen LogP contribution in [0.5, 0.6) is 0 Å². The number of hydrogen-bond donors (Lipinski definition) is 0. The van der Waals surface area contributed by atoms with Gasteiger partial charge in [0.25, 0.3) is 5.91 Å². The molecule has 0 aliphatic carbocycles. The predicted octanol–water partition coefficient (Wildman–Crippen LogP) is 2.38. The van der Waals surface area contributed by atoms with Crippen LogP contribution in [-0.2, 0) is 18.9 Å². The van der Waals surface area contributed by atoms with Crippen molar-refractivity contribution in [3.8, 4) is 0 Å². The van der Waals surface area contributed by atoms with Crippen LogP contribution in [0.25, 0.3) is 11.0 Å².